The van der Waals surface area contributed by atoms with E-state index < -0.39 is 11.4 Å². The van der Waals surface area contributed by atoms with Crippen LogP contribution in [-0.4, -0.2) is 11.1 Å². The second kappa shape index (κ2) is 1.99. The highest BCUT2D eigenvalue weighted by Gasteiger charge is 2.21. The molecule has 0 fully saturated rings. The highest BCUT2D eigenvalue weighted by Crippen LogP contribution is 2.14. The molecule has 0 atom stereocenters. The van der Waals surface area contributed by atoms with Gasteiger partial charge < -0.3 is 5.11 Å². The van der Waals surface area contributed by atoms with Crippen LogP contribution in [0.25, 0.3) is 0 Å². The van der Waals surface area contributed by atoms with Crippen LogP contribution < -0.4 is 0 Å². The highest BCUT2D eigenvalue weighted by atomic mass is 16.4. The summed E-state index contributed by atoms with van der Waals surface area (Å²) in [6, 6.07) is -0.194. The van der Waals surface area contributed by atoms with E-state index in [1.165, 1.54) is 13.8 Å². The van der Waals surface area contributed by atoms with E-state index in [9.17, 15) is 4.79 Å². The maximum absolute atomic E-state index is 10.4. The molecule has 8 heavy (non-hydrogen) atoms. The van der Waals surface area contributed by atoms with Crippen molar-refractivity contribution in [1.82, 2.24) is 0 Å². The zero-order valence-corrected chi connectivity index (χ0v) is 4.93. The van der Waals surface area contributed by atoms with Crippen LogP contribution in [0.2, 0.25) is 0 Å². The molecular weight excluding hydrogens is 104 g/mol. The van der Waals surface area contributed by atoms with Gasteiger partial charge in [0, 0.05) is 0 Å². The van der Waals surface area contributed by atoms with Crippen molar-refractivity contribution in [2.45, 2.75) is 13.8 Å². The monoisotopic (exact) mass is 116 g/mol. The van der Waals surface area contributed by atoms with E-state index in [1.54, 1.807) is 0 Å². The zero-order valence-electron chi connectivity index (χ0n) is 6.93. The average Bonchev–Trinajstić information content (AvgIpc) is 1.86. The number of hydrogen-bond donors (Lipinski definition) is 1. The van der Waals surface area contributed by atoms with Crippen LogP contribution in [0.3, 0.4) is 0 Å². The molecule has 2 nitrogen and oxygen atoms in total. The number of carboxylic acid groups (broad SMARTS) is 1. The lowest BCUT2D eigenvalue weighted by atomic mass is 9.95. The molecule has 0 aromatic heterocycles. The number of carbonyl (C=O) groups is 1. The van der Waals surface area contributed by atoms with Crippen molar-refractivity contribution in [3.8, 4) is 0 Å². The van der Waals surface area contributed by atoms with E-state index in [1.807, 2.05) is 0 Å². The van der Waals surface area contributed by atoms with Gasteiger partial charge in [0.15, 0.2) is 0 Å². The summed E-state index contributed by atoms with van der Waals surface area (Å²) in [6.45, 7) is 3.53. The summed E-state index contributed by atoms with van der Waals surface area (Å²) in [5, 5.41) is 8.50. The fourth-order valence-electron chi connectivity index (χ4n) is 0.0617. The minimum absolute atomic E-state index is 0.194. The molecule has 0 unspecified atom stereocenters. The van der Waals surface area contributed by atoms with E-state index in [-0.39, 0.29) is 6.05 Å². The molecule has 1 N–H and O–H groups in total. The van der Waals surface area contributed by atoms with Crippen LogP contribution in [-0.2, 0) is 4.79 Å². The number of rotatable bonds is 2. The van der Waals surface area contributed by atoms with E-state index in [2.05, 4.69) is 0 Å². The maximum atomic E-state index is 10.4. The van der Waals surface area contributed by atoms with E-state index in [0.717, 1.165) is 6.55 Å². The third kappa shape index (κ3) is 1.37. The molecule has 46 valence electrons. The molecule has 0 saturated carbocycles. The largest absolute Gasteiger partial charge is 0.481 e. The van der Waals surface area contributed by atoms with Gasteiger partial charge in [-0.2, -0.15) is 0 Å². The molecule has 0 saturated heterocycles. The summed E-state index contributed by atoms with van der Waals surface area (Å²) in [5.41, 5.74) is -1.23. The molecule has 2 heteroatoms. The van der Waals surface area contributed by atoms with Gasteiger partial charge >= 0.3 is 5.97 Å². The third-order valence-electron chi connectivity index (χ3n) is 0.896. The van der Waals surface area contributed by atoms with Crippen LogP contribution in [0.1, 0.15) is 16.6 Å². The molecule has 0 rings (SSSR count). The van der Waals surface area contributed by atoms with E-state index in [4.69, 9.17) is 7.85 Å². The van der Waals surface area contributed by atoms with Crippen LogP contribution in [0.4, 0.5) is 0 Å². The molecule has 0 aromatic rings. The maximum Gasteiger partial charge on any atom is 0.312 e. The average molecular weight is 116 g/mol. The molecule has 0 aliphatic carbocycles. The molecular formula is C6H10O2. The van der Waals surface area contributed by atoms with Crippen molar-refractivity contribution in [2.24, 2.45) is 5.41 Å². The molecule has 0 aliphatic heterocycles. The summed E-state index contributed by atoms with van der Waals surface area (Å²) in [4.78, 5) is 10.4. The Morgan fingerprint density at radius 3 is 2.75 bits per heavy atom. The van der Waals surface area contributed by atoms with Gasteiger partial charge in [0.2, 0.25) is 0 Å². The Morgan fingerprint density at radius 1 is 2.12 bits per heavy atom. The van der Waals surface area contributed by atoms with Crippen LogP contribution in [0.15, 0.2) is 12.6 Å². The van der Waals surface area contributed by atoms with Gasteiger partial charge in [-0.25, -0.2) is 0 Å². The van der Waals surface area contributed by atoms with Crippen molar-refractivity contribution >= 4 is 5.97 Å². The van der Waals surface area contributed by atoms with Gasteiger partial charge in [-0.15, -0.1) is 6.55 Å². The van der Waals surface area contributed by atoms with Crippen molar-refractivity contribution < 1.29 is 12.6 Å². The van der Waals surface area contributed by atoms with Gasteiger partial charge in [-0.05, 0) is 13.8 Å². The first-order chi connectivity index (χ1) is 4.42. The van der Waals surface area contributed by atoms with Crippen molar-refractivity contribution in [3.63, 3.8) is 0 Å². The molecule has 0 amide bonds. The Hall–Kier alpha value is -0.790. The molecule has 0 aromatic carbocycles. The Balaban J connectivity index is 4.56. The molecule has 0 radical (unpaired) electrons. The normalized spacial score (nSPS) is 17.0. The Morgan fingerprint density at radius 2 is 2.62 bits per heavy atom. The zero-order chi connectivity index (χ0) is 8.36. The summed E-state index contributed by atoms with van der Waals surface area (Å²) >= 11 is 0. The lowest BCUT2D eigenvalue weighted by Gasteiger charge is -2.10. The fourth-order valence-corrected chi connectivity index (χ4v) is 0.0617. The van der Waals surface area contributed by atoms with E-state index >= 15 is 0 Å². The SMILES string of the molecule is [2H]C=C([2H])C(C)(C)C(=O)O. The Bertz CT molecular complexity index is 173. The standard InChI is InChI=1S/C6H10O2/c1-4-6(2,3)5(7)8/h4H,1H2,2-3H3,(H,7,8)/i1D,4D. The van der Waals surface area contributed by atoms with Gasteiger partial charge in [0.05, 0.1) is 8.16 Å². The Kier molecular flexibility index (Phi) is 1.02. The minimum atomic E-state index is -1.23. The van der Waals surface area contributed by atoms with E-state index in [0.29, 0.717) is 0 Å². The van der Waals surface area contributed by atoms with Crippen LogP contribution in [0.5, 0.6) is 0 Å². The second-order valence-corrected chi connectivity index (χ2v) is 2.07. The van der Waals surface area contributed by atoms with Gasteiger partial charge in [-0.3, -0.25) is 4.79 Å². The lowest BCUT2D eigenvalue weighted by molar-refractivity contribution is -0.144. The molecule has 0 bridgehead atoms. The topological polar surface area (TPSA) is 37.3 Å². The summed E-state index contributed by atoms with van der Waals surface area (Å²) < 4.78 is 13.7. The first kappa shape index (κ1) is 4.13. The third-order valence-corrected chi connectivity index (χ3v) is 0.896. The fraction of sp³-hybridized carbons (Fsp3) is 0.500. The molecule has 0 spiro atoms. The smallest absolute Gasteiger partial charge is 0.312 e. The minimum Gasteiger partial charge on any atom is -0.481 e. The van der Waals surface area contributed by atoms with Crippen LogP contribution >= 0.6 is 0 Å². The van der Waals surface area contributed by atoms with Gasteiger partial charge in [0.1, 0.15) is 0 Å². The van der Waals surface area contributed by atoms with Crippen LogP contribution in [0, 0.1) is 5.41 Å². The van der Waals surface area contributed by atoms with Crippen molar-refractivity contribution in [2.75, 3.05) is 0 Å². The van der Waals surface area contributed by atoms with Gasteiger partial charge in [-0.1, -0.05) is 6.05 Å². The Labute approximate surface area is 51.6 Å². The highest BCUT2D eigenvalue weighted by molar-refractivity contribution is 5.75. The first-order valence-electron chi connectivity index (χ1n) is 3.29. The second-order valence-electron chi connectivity index (χ2n) is 2.07. The first-order valence-corrected chi connectivity index (χ1v) is 2.22. The summed E-state index contributed by atoms with van der Waals surface area (Å²) in [5.74, 6) is -1.08. The number of hydrogen-bond acceptors (Lipinski definition) is 1. The van der Waals surface area contributed by atoms with Crippen molar-refractivity contribution in [3.05, 3.63) is 12.6 Å². The lowest BCUT2D eigenvalue weighted by Crippen LogP contribution is -2.19. The quantitative estimate of drug-likeness (QED) is 0.552. The predicted molar refractivity (Wildman–Crippen MR) is 31.6 cm³/mol. The summed E-state index contributed by atoms with van der Waals surface area (Å²) in [6.07, 6.45) is 0. The number of aliphatic carboxylic acids is 1. The predicted octanol–water partition coefficient (Wildman–Crippen LogP) is 1.28. The molecule has 0 aliphatic rings. The van der Waals surface area contributed by atoms with Crippen molar-refractivity contribution in [1.29, 1.82) is 0 Å². The number of carboxylic acids is 1. The summed E-state index contributed by atoms with van der Waals surface area (Å²) in [7, 11) is 0. The van der Waals surface area contributed by atoms with Gasteiger partial charge in [0.25, 0.3) is 0 Å². The molecule has 0 heterocycles.